The number of hydrogen-bond donors (Lipinski definition) is 2. The molecule has 3 nitrogen and oxygen atoms in total. The van der Waals surface area contributed by atoms with Gasteiger partial charge in [0.15, 0.2) is 0 Å². The van der Waals surface area contributed by atoms with Crippen molar-refractivity contribution in [3.63, 3.8) is 0 Å². The molecule has 1 rings (SSSR count). The molecule has 1 aliphatic heterocycles. The first kappa shape index (κ1) is 11.0. The van der Waals surface area contributed by atoms with Crippen LogP contribution >= 0.6 is 0 Å². The van der Waals surface area contributed by atoms with Gasteiger partial charge in [-0.1, -0.05) is 13.8 Å². The number of nitrogens with one attached hydrogen (secondary N) is 1. The summed E-state index contributed by atoms with van der Waals surface area (Å²) in [6.07, 6.45) is 2.60. The SMILES string of the molecule is CCN(CC)C(CN)C1CCCN1. The topological polar surface area (TPSA) is 41.3 Å². The Hall–Kier alpha value is -0.120. The van der Waals surface area contributed by atoms with Crippen molar-refractivity contribution in [1.29, 1.82) is 0 Å². The van der Waals surface area contributed by atoms with Gasteiger partial charge in [0.2, 0.25) is 0 Å². The Morgan fingerprint density at radius 2 is 2.15 bits per heavy atom. The molecule has 2 unspecified atom stereocenters. The Labute approximate surface area is 81.7 Å². The van der Waals surface area contributed by atoms with Crippen molar-refractivity contribution in [2.45, 2.75) is 38.8 Å². The van der Waals surface area contributed by atoms with E-state index in [1.54, 1.807) is 0 Å². The quantitative estimate of drug-likeness (QED) is 0.652. The zero-order valence-corrected chi connectivity index (χ0v) is 8.92. The fourth-order valence-corrected chi connectivity index (χ4v) is 2.30. The number of rotatable bonds is 5. The van der Waals surface area contributed by atoms with Crippen LogP contribution < -0.4 is 11.1 Å². The number of nitrogens with zero attached hydrogens (tertiary/aromatic N) is 1. The number of hydrogen-bond acceptors (Lipinski definition) is 3. The van der Waals surface area contributed by atoms with Gasteiger partial charge in [0.1, 0.15) is 0 Å². The van der Waals surface area contributed by atoms with Gasteiger partial charge in [-0.2, -0.15) is 0 Å². The summed E-state index contributed by atoms with van der Waals surface area (Å²) in [6.45, 7) is 8.58. The predicted molar refractivity (Wildman–Crippen MR) is 56.8 cm³/mol. The molecule has 3 N–H and O–H groups in total. The van der Waals surface area contributed by atoms with E-state index in [9.17, 15) is 0 Å². The standard InChI is InChI=1S/C10H23N3/c1-3-13(4-2)10(8-11)9-6-5-7-12-9/h9-10,12H,3-8,11H2,1-2H3. The third-order valence-electron chi connectivity index (χ3n) is 3.09. The molecule has 0 radical (unpaired) electrons. The second kappa shape index (κ2) is 5.58. The van der Waals surface area contributed by atoms with Gasteiger partial charge in [-0.15, -0.1) is 0 Å². The molecule has 1 fully saturated rings. The lowest BCUT2D eigenvalue weighted by Gasteiger charge is -2.33. The fraction of sp³-hybridized carbons (Fsp3) is 1.00. The summed E-state index contributed by atoms with van der Waals surface area (Å²) in [7, 11) is 0. The lowest BCUT2D eigenvalue weighted by atomic mass is 10.1. The molecule has 3 heteroatoms. The Balaban J connectivity index is 2.48. The van der Waals surface area contributed by atoms with Crippen LogP contribution in [0.2, 0.25) is 0 Å². The molecule has 0 spiro atoms. The van der Waals surface area contributed by atoms with Gasteiger partial charge in [0.05, 0.1) is 0 Å². The van der Waals surface area contributed by atoms with Crippen molar-refractivity contribution in [2.24, 2.45) is 5.73 Å². The van der Waals surface area contributed by atoms with Gasteiger partial charge in [-0.25, -0.2) is 0 Å². The minimum Gasteiger partial charge on any atom is -0.329 e. The van der Waals surface area contributed by atoms with Crippen LogP contribution in [0.25, 0.3) is 0 Å². The molecular weight excluding hydrogens is 162 g/mol. The van der Waals surface area contributed by atoms with Crippen molar-refractivity contribution >= 4 is 0 Å². The molecule has 1 saturated heterocycles. The fourth-order valence-electron chi connectivity index (χ4n) is 2.30. The van der Waals surface area contributed by atoms with Gasteiger partial charge in [-0.3, -0.25) is 4.90 Å². The molecule has 1 heterocycles. The van der Waals surface area contributed by atoms with Gasteiger partial charge in [0.25, 0.3) is 0 Å². The molecule has 0 bridgehead atoms. The van der Waals surface area contributed by atoms with Crippen LogP contribution in [0.1, 0.15) is 26.7 Å². The summed E-state index contributed by atoms with van der Waals surface area (Å²) in [4.78, 5) is 2.46. The maximum atomic E-state index is 5.82. The summed E-state index contributed by atoms with van der Waals surface area (Å²) < 4.78 is 0. The van der Waals surface area contributed by atoms with E-state index >= 15 is 0 Å². The highest BCUT2D eigenvalue weighted by Gasteiger charge is 2.26. The molecule has 0 aromatic rings. The van der Waals surface area contributed by atoms with Gasteiger partial charge in [-0.05, 0) is 32.5 Å². The molecular formula is C10H23N3. The van der Waals surface area contributed by atoms with E-state index in [1.165, 1.54) is 19.4 Å². The molecule has 2 atom stereocenters. The monoisotopic (exact) mass is 185 g/mol. The molecule has 0 aromatic carbocycles. The maximum Gasteiger partial charge on any atom is 0.0371 e. The lowest BCUT2D eigenvalue weighted by Crippen LogP contribution is -2.51. The highest BCUT2D eigenvalue weighted by Crippen LogP contribution is 2.13. The summed E-state index contributed by atoms with van der Waals surface area (Å²) in [6, 6.07) is 1.17. The highest BCUT2D eigenvalue weighted by atomic mass is 15.2. The van der Waals surface area contributed by atoms with Crippen molar-refractivity contribution in [2.75, 3.05) is 26.2 Å². The predicted octanol–water partition coefficient (Wildman–Crippen LogP) is 0.408. The van der Waals surface area contributed by atoms with Crippen molar-refractivity contribution in [3.8, 4) is 0 Å². The van der Waals surface area contributed by atoms with E-state index in [-0.39, 0.29) is 0 Å². The van der Waals surface area contributed by atoms with Crippen molar-refractivity contribution in [1.82, 2.24) is 10.2 Å². The molecule has 13 heavy (non-hydrogen) atoms. The Morgan fingerprint density at radius 1 is 1.46 bits per heavy atom. The van der Waals surface area contributed by atoms with Crippen LogP contribution in [0.4, 0.5) is 0 Å². The second-order valence-electron chi connectivity index (χ2n) is 3.73. The average molecular weight is 185 g/mol. The largest absolute Gasteiger partial charge is 0.329 e. The summed E-state index contributed by atoms with van der Waals surface area (Å²) >= 11 is 0. The molecule has 0 amide bonds. The third-order valence-corrected chi connectivity index (χ3v) is 3.09. The van der Waals surface area contributed by atoms with E-state index in [0.717, 1.165) is 19.6 Å². The normalized spacial score (nSPS) is 25.4. The lowest BCUT2D eigenvalue weighted by molar-refractivity contribution is 0.184. The molecule has 0 aromatic heterocycles. The van der Waals surface area contributed by atoms with Crippen LogP contribution in [0.5, 0.6) is 0 Å². The van der Waals surface area contributed by atoms with Crippen molar-refractivity contribution < 1.29 is 0 Å². The van der Waals surface area contributed by atoms with Gasteiger partial charge in [0, 0.05) is 18.6 Å². The molecule has 0 aliphatic carbocycles. The van der Waals surface area contributed by atoms with E-state index in [1.807, 2.05) is 0 Å². The van der Waals surface area contributed by atoms with Crippen LogP contribution in [0.3, 0.4) is 0 Å². The van der Waals surface area contributed by atoms with E-state index in [0.29, 0.717) is 12.1 Å². The van der Waals surface area contributed by atoms with E-state index < -0.39 is 0 Å². The summed E-state index contributed by atoms with van der Waals surface area (Å²) in [5.41, 5.74) is 5.82. The highest BCUT2D eigenvalue weighted by molar-refractivity contribution is 4.88. The van der Waals surface area contributed by atoms with Crippen LogP contribution in [0.15, 0.2) is 0 Å². The van der Waals surface area contributed by atoms with E-state index in [4.69, 9.17) is 5.73 Å². The van der Waals surface area contributed by atoms with Crippen LogP contribution in [-0.4, -0.2) is 43.2 Å². The summed E-state index contributed by atoms with van der Waals surface area (Å²) in [5.74, 6) is 0. The molecule has 0 saturated carbocycles. The number of nitrogens with two attached hydrogens (primary N) is 1. The van der Waals surface area contributed by atoms with Crippen LogP contribution in [0, 0.1) is 0 Å². The van der Waals surface area contributed by atoms with Gasteiger partial charge >= 0.3 is 0 Å². The zero-order valence-electron chi connectivity index (χ0n) is 8.92. The zero-order chi connectivity index (χ0) is 9.68. The Morgan fingerprint density at radius 3 is 2.54 bits per heavy atom. The minimum atomic E-state index is 0.539. The first-order valence-electron chi connectivity index (χ1n) is 5.51. The van der Waals surface area contributed by atoms with Crippen LogP contribution in [-0.2, 0) is 0 Å². The molecule has 1 aliphatic rings. The smallest absolute Gasteiger partial charge is 0.0371 e. The van der Waals surface area contributed by atoms with E-state index in [2.05, 4.69) is 24.1 Å². The average Bonchev–Trinajstić information content (AvgIpc) is 2.66. The number of likely N-dealkylation sites (N-methyl/N-ethyl adjacent to an activating group) is 1. The Bertz CT molecular complexity index is 126. The third kappa shape index (κ3) is 2.66. The first-order valence-corrected chi connectivity index (χ1v) is 5.51. The summed E-state index contributed by atoms with van der Waals surface area (Å²) in [5, 5.41) is 3.54. The minimum absolute atomic E-state index is 0.539. The van der Waals surface area contributed by atoms with Gasteiger partial charge < -0.3 is 11.1 Å². The van der Waals surface area contributed by atoms with Crippen molar-refractivity contribution in [3.05, 3.63) is 0 Å². The first-order chi connectivity index (χ1) is 6.33. The Kier molecular flexibility index (Phi) is 4.70. The maximum absolute atomic E-state index is 5.82. The molecule has 78 valence electrons. The second-order valence-corrected chi connectivity index (χ2v) is 3.73.